The molecule has 7 heteroatoms. The maximum Gasteiger partial charge on any atom is 0.246 e. The van der Waals surface area contributed by atoms with Gasteiger partial charge >= 0.3 is 0 Å². The lowest BCUT2D eigenvalue weighted by molar-refractivity contribution is -0.178. The number of phenols is 1. The second-order valence-electron chi connectivity index (χ2n) is 11.3. The zero-order valence-electron chi connectivity index (χ0n) is 21.2. The number of nitrogens with zero attached hydrogens (tertiary/aromatic N) is 2. The van der Waals surface area contributed by atoms with Crippen molar-refractivity contribution in [1.82, 2.24) is 9.80 Å². The Kier molecular flexibility index (Phi) is 5.68. The number of hydrogen-bond donors (Lipinski definition) is 2. The third kappa shape index (κ3) is 3.58. The van der Waals surface area contributed by atoms with Crippen molar-refractivity contribution in [1.29, 1.82) is 0 Å². The van der Waals surface area contributed by atoms with Crippen molar-refractivity contribution < 1.29 is 24.2 Å². The lowest BCUT2D eigenvalue weighted by Crippen LogP contribution is -2.74. The first-order chi connectivity index (χ1) is 17.4. The van der Waals surface area contributed by atoms with Crippen LogP contribution in [0.15, 0.2) is 41.2 Å². The molecule has 192 valence electrons. The van der Waals surface area contributed by atoms with E-state index in [1.54, 1.807) is 37.9 Å². The number of piperidine rings is 1. The number of aromatic hydroxyl groups is 1. The molecule has 1 aliphatic heterocycles. The Morgan fingerprint density at radius 3 is 2.83 bits per heavy atom. The fourth-order valence-corrected chi connectivity index (χ4v) is 7.38. The number of carbonyl (C=O) groups is 1. The highest BCUT2D eigenvalue weighted by molar-refractivity contribution is 5.91. The molecule has 7 nitrogen and oxygen atoms in total. The number of aliphatic hydroxyl groups is 1. The zero-order valence-corrected chi connectivity index (χ0v) is 21.2. The van der Waals surface area contributed by atoms with Gasteiger partial charge in [0.05, 0.1) is 25.2 Å². The van der Waals surface area contributed by atoms with Gasteiger partial charge in [-0.15, -0.1) is 0 Å². The second-order valence-corrected chi connectivity index (χ2v) is 11.3. The predicted octanol–water partition coefficient (Wildman–Crippen LogP) is 3.73. The van der Waals surface area contributed by atoms with E-state index in [0.29, 0.717) is 18.6 Å². The summed E-state index contributed by atoms with van der Waals surface area (Å²) in [6.07, 6.45) is 12.7. The molecule has 2 bridgehead atoms. The summed E-state index contributed by atoms with van der Waals surface area (Å²) in [6.45, 7) is 1.96. The van der Waals surface area contributed by atoms with Crippen molar-refractivity contribution in [2.24, 2.45) is 5.92 Å². The fraction of sp³-hybridized carbons (Fsp3) is 0.552. The number of carbonyl (C=O) groups excluding carboxylic acids is 1. The molecule has 1 aromatic carbocycles. The molecule has 4 atom stereocenters. The molecule has 1 saturated heterocycles. The number of methoxy groups -OCH3 is 1. The van der Waals surface area contributed by atoms with Gasteiger partial charge in [0.2, 0.25) is 5.91 Å². The molecule has 1 aromatic heterocycles. The van der Waals surface area contributed by atoms with Gasteiger partial charge in [0.15, 0.2) is 11.5 Å². The molecule has 6 rings (SSSR count). The van der Waals surface area contributed by atoms with E-state index in [9.17, 15) is 15.0 Å². The van der Waals surface area contributed by atoms with Crippen LogP contribution in [-0.4, -0.2) is 70.9 Å². The Morgan fingerprint density at radius 1 is 1.28 bits per heavy atom. The van der Waals surface area contributed by atoms with Gasteiger partial charge in [0.1, 0.15) is 0 Å². The van der Waals surface area contributed by atoms with Gasteiger partial charge in [-0.3, -0.25) is 9.69 Å². The Hall–Kier alpha value is -2.77. The SMILES string of the molecule is COc1c(O)ccc2c1[C@]13CCN(CC4CC4)[C@H](C2)[C@]1(O)CC[C@H](N(C)C(=O)/C=C/c1ccoc1)C3. The summed E-state index contributed by atoms with van der Waals surface area (Å²) in [6, 6.07) is 5.55. The topological polar surface area (TPSA) is 86.4 Å². The van der Waals surface area contributed by atoms with Gasteiger partial charge in [-0.2, -0.15) is 0 Å². The van der Waals surface area contributed by atoms with Crippen molar-refractivity contribution in [2.75, 3.05) is 27.2 Å². The van der Waals surface area contributed by atoms with Gasteiger partial charge in [-0.25, -0.2) is 0 Å². The van der Waals surface area contributed by atoms with Gasteiger partial charge in [0, 0.05) is 48.3 Å². The Bertz CT molecular complexity index is 1170. The number of fused-ring (bicyclic) bond motifs is 1. The monoisotopic (exact) mass is 492 g/mol. The lowest BCUT2D eigenvalue weighted by atomic mass is 9.48. The standard InChI is InChI=1S/C29H36N2O5/c1-30(25(33)8-5-20-10-14-36-18-20)22-9-11-29(34)24-15-21-6-7-23(32)27(35-2)26(21)28(29,16-22)12-13-31(24)17-19-3-4-19/h5-8,10,14,18-19,22,24,32,34H,3-4,9,11-13,15-17H2,1-2H3/b8-5+/t22-,24+,28+,29+/m0/s1. The minimum absolute atomic E-state index is 0.0274. The summed E-state index contributed by atoms with van der Waals surface area (Å²) in [4.78, 5) is 17.5. The van der Waals surface area contributed by atoms with Crippen LogP contribution in [0.4, 0.5) is 0 Å². The van der Waals surface area contributed by atoms with Crippen LogP contribution in [0, 0.1) is 5.92 Å². The average Bonchev–Trinajstić information content (AvgIpc) is 3.54. The molecule has 2 N–H and O–H groups in total. The Morgan fingerprint density at radius 2 is 2.11 bits per heavy atom. The van der Waals surface area contributed by atoms with Crippen molar-refractivity contribution in [3.05, 3.63) is 53.5 Å². The molecular formula is C29H36N2O5. The molecule has 2 heterocycles. The minimum atomic E-state index is -0.929. The molecule has 0 unspecified atom stereocenters. The molecule has 2 aromatic rings. The summed E-state index contributed by atoms with van der Waals surface area (Å²) < 4.78 is 10.9. The molecule has 4 aliphatic rings. The summed E-state index contributed by atoms with van der Waals surface area (Å²) in [5.41, 5.74) is 1.44. The highest BCUT2D eigenvalue weighted by atomic mass is 16.5. The van der Waals surface area contributed by atoms with Crippen molar-refractivity contribution in [3.63, 3.8) is 0 Å². The number of likely N-dealkylation sites (N-methyl/N-ethyl adjacent to an activating group) is 1. The van der Waals surface area contributed by atoms with Gasteiger partial charge in [0.25, 0.3) is 0 Å². The summed E-state index contributed by atoms with van der Waals surface area (Å²) >= 11 is 0. The minimum Gasteiger partial charge on any atom is -0.504 e. The quantitative estimate of drug-likeness (QED) is 0.598. The number of likely N-dealkylation sites (tertiary alicyclic amines) is 1. The average molecular weight is 493 g/mol. The number of hydrogen-bond acceptors (Lipinski definition) is 6. The number of phenolic OH excluding ortho intramolecular Hbond substituents is 1. The highest BCUT2D eigenvalue weighted by Gasteiger charge is 2.66. The van der Waals surface area contributed by atoms with Crippen LogP contribution in [0.25, 0.3) is 6.08 Å². The number of ether oxygens (including phenoxy) is 1. The predicted molar refractivity (Wildman–Crippen MR) is 136 cm³/mol. The van der Waals surface area contributed by atoms with E-state index in [-0.39, 0.29) is 23.7 Å². The maximum atomic E-state index is 13.1. The van der Waals surface area contributed by atoms with Gasteiger partial charge in [-0.05, 0) is 81.2 Å². The number of rotatable bonds is 6. The largest absolute Gasteiger partial charge is 0.504 e. The van der Waals surface area contributed by atoms with Crippen LogP contribution in [-0.2, 0) is 16.6 Å². The second kappa shape index (κ2) is 8.67. The fourth-order valence-electron chi connectivity index (χ4n) is 7.38. The Labute approximate surface area is 212 Å². The summed E-state index contributed by atoms with van der Waals surface area (Å²) in [5, 5.41) is 23.3. The first-order valence-corrected chi connectivity index (χ1v) is 13.2. The molecule has 36 heavy (non-hydrogen) atoms. The molecule has 0 radical (unpaired) electrons. The van der Waals surface area contributed by atoms with E-state index in [0.717, 1.165) is 55.0 Å². The third-order valence-electron chi connectivity index (χ3n) is 9.45. The normalized spacial score (nSPS) is 31.6. The number of amides is 1. The molecule has 0 spiro atoms. The molecule has 3 fully saturated rings. The molecule has 3 aliphatic carbocycles. The van der Waals surface area contributed by atoms with E-state index in [4.69, 9.17) is 9.15 Å². The van der Waals surface area contributed by atoms with Crippen LogP contribution in [0.5, 0.6) is 11.5 Å². The molecule has 2 saturated carbocycles. The van der Waals surface area contributed by atoms with Crippen molar-refractivity contribution in [3.8, 4) is 11.5 Å². The Balaban J connectivity index is 1.37. The lowest BCUT2D eigenvalue weighted by Gasteiger charge is -2.65. The van der Waals surface area contributed by atoms with Crippen LogP contribution >= 0.6 is 0 Å². The first-order valence-electron chi connectivity index (χ1n) is 13.2. The molecule has 1 amide bonds. The van der Waals surface area contributed by atoms with E-state index in [2.05, 4.69) is 4.90 Å². The number of benzene rings is 1. The molecular weight excluding hydrogens is 456 g/mol. The van der Waals surface area contributed by atoms with Crippen molar-refractivity contribution in [2.45, 2.75) is 68.0 Å². The van der Waals surface area contributed by atoms with E-state index in [1.165, 1.54) is 12.8 Å². The van der Waals surface area contributed by atoms with Crippen molar-refractivity contribution >= 4 is 12.0 Å². The summed E-state index contributed by atoms with van der Waals surface area (Å²) in [7, 11) is 3.45. The van der Waals surface area contributed by atoms with Crippen LogP contribution in [0.3, 0.4) is 0 Å². The summed E-state index contributed by atoms with van der Waals surface area (Å²) in [5.74, 6) is 1.28. The van der Waals surface area contributed by atoms with E-state index < -0.39 is 11.0 Å². The first kappa shape index (κ1) is 23.6. The van der Waals surface area contributed by atoms with Crippen LogP contribution in [0.2, 0.25) is 0 Å². The number of furan rings is 1. The smallest absolute Gasteiger partial charge is 0.246 e. The van der Waals surface area contributed by atoms with Gasteiger partial charge in [-0.1, -0.05) is 6.07 Å². The van der Waals surface area contributed by atoms with Crippen LogP contribution in [0.1, 0.15) is 55.2 Å². The zero-order chi connectivity index (χ0) is 25.1. The van der Waals surface area contributed by atoms with Gasteiger partial charge < -0.3 is 24.3 Å². The third-order valence-corrected chi connectivity index (χ3v) is 9.45. The highest BCUT2D eigenvalue weighted by Crippen LogP contribution is 2.61. The maximum absolute atomic E-state index is 13.1. The van der Waals surface area contributed by atoms with E-state index in [1.807, 2.05) is 24.1 Å². The van der Waals surface area contributed by atoms with Crippen LogP contribution < -0.4 is 4.74 Å². The van der Waals surface area contributed by atoms with E-state index >= 15 is 0 Å².